The standard InChI is InChI=1S/C12H24N2O2/c1-3-7-13-11-6-9-14(12(11)15)8-4-5-10-16-2/h11,13H,3-10H2,1-2H3. The largest absolute Gasteiger partial charge is 0.385 e. The summed E-state index contributed by atoms with van der Waals surface area (Å²) < 4.78 is 4.99. The highest BCUT2D eigenvalue weighted by Gasteiger charge is 2.30. The summed E-state index contributed by atoms with van der Waals surface area (Å²) in [6, 6.07) is 0.0716. The van der Waals surface area contributed by atoms with Crippen LogP contribution in [0.1, 0.15) is 32.6 Å². The van der Waals surface area contributed by atoms with Gasteiger partial charge in [0.05, 0.1) is 6.04 Å². The maximum atomic E-state index is 11.9. The van der Waals surface area contributed by atoms with Gasteiger partial charge in [0.2, 0.25) is 5.91 Å². The third-order valence-electron chi connectivity index (χ3n) is 2.96. The molecule has 4 nitrogen and oxygen atoms in total. The van der Waals surface area contributed by atoms with Crippen molar-refractivity contribution in [2.75, 3.05) is 33.4 Å². The van der Waals surface area contributed by atoms with Gasteiger partial charge in [0.15, 0.2) is 0 Å². The van der Waals surface area contributed by atoms with Gasteiger partial charge in [-0.3, -0.25) is 4.79 Å². The summed E-state index contributed by atoms with van der Waals surface area (Å²) in [4.78, 5) is 13.9. The second-order valence-electron chi connectivity index (χ2n) is 4.32. The Balaban J connectivity index is 2.17. The molecule has 16 heavy (non-hydrogen) atoms. The lowest BCUT2D eigenvalue weighted by Crippen LogP contribution is -2.38. The van der Waals surface area contributed by atoms with E-state index < -0.39 is 0 Å². The van der Waals surface area contributed by atoms with Gasteiger partial charge in [-0.25, -0.2) is 0 Å². The maximum absolute atomic E-state index is 11.9. The quantitative estimate of drug-likeness (QED) is 0.631. The number of nitrogens with one attached hydrogen (secondary N) is 1. The second-order valence-corrected chi connectivity index (χ2v) is 4.32. The zero-order valence-corrected chi connectivity index (χ0v) is 10.5. The smallest absolute Gasteiger partial charge is 0.239 e. The van der Waals surface area contributed by atoms with Crippen LogP contribution in [0.2, 0.25) is 0 Å². The molecule has 0 spiro atoms. The summed E-state index contributed by atoms with van der Waals surface area (Å²) in [5.41, 5.74) is 0. The number of likely N-dealkylation sites (tertiary alicyclic amines) is 1. The maximum Gasteiger partial charge on any atom is 0.239 e. The molecule has 1 N–H and O–H groups in total. The first kappa shape index (κ1) is 13.5. The summed E-state index contributed by atoms with van der Waals surface area (Å²) in [6.45, 7) is 5.64. The third-order valence-corrected chi connectivity index (χ3v) is 2.96. The molecular weight excluding hydrogens is 204 g/mol. The number of methoxy groups -OCH3 is 1. The molecule has 0 aromatic carbocycles. The van der Waals surface area contributed by atoms with Crippen molar-refractivity contribution >= 4 is 5.91 Å². The van der Waals surface area contributed by atoms with Crippen molar-refractivity contribution in [2.45, 2.75) is 38.6 Å². The molecule has 1 aliphatic rings. The molecule has 0 aliphatic carbocycles. The highest BCUT2D eigenvalue weighted by molar-refractivity contribution is 5.83. The van der Waals surface area contributed by atoms with Crippen LogP contribution in [0.4, 0.5) is 0 Å². The minimum atomic E-state index is 0.0716. The molecule has 1 amide bonds. The van der Waals surface area contributed by atoms with Gasteiger partial charge in [-0.05, 0) is 32.2 Å². The molecule has 1 unspecified atom stereocenters. The predicted molar refractivity (Wildman–Crippen MR) is 64.4 cm³/mol. The minimum absolute atomic E-state index is 0.0716. The van der Waals surface area contributed by atoms with Gasteiger partial charge in [-0.1, -0.05) is 6.92 Å². The van der Waals surface area contributed by atoms with Crippen LogP contribution in [0, 0.1) is 0 Å². The van der Waals surface area contributed by atoms with Gasteiger partial charge >= 0.3 is 0 Å². The molecule has 0 saturated carbocycles. The molecule has 1 aliphatic heterocycles. The van der Waals surface area contributed by atoms with E-state index in [2.05, 4.69) is 12.2 Å². The summed E-state index contributed by atoms with van der Waals surface area (Å²) in [5.74, 6) is 0.283. The van der Waals surface area contributed by atoms with E-state index >= 15 is 0 Å². The van der Waals surface area contributed by atoms with Crippen molar-refractivity contribution in [3.05, 3.63) is 0 Å². The zero-order chi connectivity index (χ0) is 11.8. The fourth-order valence-corrected chi connectivity index (χ4v) is 2.02. The lowest BCUT2D eigenvalue weighted by molar-refractivity contribution is -0.129. The number of rotatable bonds is 8. The highest BCUT2D eigenvalue weighted by atomic mass is 16.5. The van der Waals surface area contributed by atoms with E-state index in [9.17, 15) is 4.79 Å². The Bertz CT molecular complexity index is 209. The molecule has 1 atom stereocenters. The Hall–Kier alpha value is -0.610. The summed E-state index contributed by atoms with van der Waals surface area (Å²) in [7, 11) is 1.71. The van der Waals surface area contributed by atoms with Crippen LogP contribution in [-0.2, 0) is 9.53 Å². The lowest BCUT2D eigenvalue weighted by Gasteiger charge is -2.16. The minimum Gasteiger partial charge on any atom is -0.385 e. The third kappa shape index (κ3) is 4.10. The monoisotopic (exact) mass is 228 g/mol. The van der Waals surface area contributed by atoms with Crippen LogP contribution in [0.25, 0.3) is 0 Å². The number of nitrogens with zero attached hydrogens (tertiary/aromatic N) is 1. The SMILES string of the molecule is CCCNC1CCN(CCCCOC)C1=O. The van der Waals surface area contributed by atoms with E-state index in [1.807, 2.05) is 4.90 Å². The first-order valence-corrected chi connectivity index (χ1v) is 6.30. The van der Waals surface area contributed by atoms with Crippen molar-refractivity contribution in [1.82, 2.24) is 10.2 Å². The summed E-state index contributed by atoms with van der Waals surface area (Å²) >= 11 is 0. The fourth-order valence-electron chi connectivity index (χ4n) is 2.02. The average molecular weight is 228 g/mol. The first-order valence-electron chi connectivity index (χ1n) is 6.30. The second kappa shape index (κ2) is 7.63. The van der Waals surface area contributed by atoms with E-state index in [0.717, 1.165) is 51.9 Å². The van der Waals surface area contributed by atoms with Gasteiger partial charge in [-0.2, -0.15) is 0 Å². The average Bonchev–Trinajstić information content (AvgIpc) is 2.64. The van der Waals surface area contributed by atoms with E-state index in [4.69, 9.17) is 4.74 Å². The van der Waals surface area contributed by atoms with Gasteiger partial charge in [0, 0.05) is 26.8 Å². The molecule has 94 valence electrons. The number of carbonyl (C=O) groups excluding carboxylic acids is 1. The zero-order valence-electron chi connectivity index (χ0n) is 10.5. The molecule has 0 bridgehead atoms. The molecule has 1 saturated heterocycles. The van der Waals surface area contributed by atoms with Crippen LogP contribution < -0.4 is 5.32 Å². The molecule has 0 aromatic rings. The van der Waals surface area contributed by atoms with Gasteiger partial charge < -0.3 is 15.0 Å². The topological polar surface area (TPSA) is 41.6 Å². The van der Waals surface area contributed by atoms with E-state index in [-0.39, 0.29) is 11.9 Å². The molecular formula is C12H24N2O2. The predicted octanol–water partition coefficient (Wildman–Crippen LogP) is 1.01. The van der Waals surface area contributed by atoms with Crippen molar-refractivity contribution in [1.29, 1.82) is 0 Å². The normalized spacial score (nSPS) is 20.8. The molecule has 4 heteroatoms. The summed E-state index contributed by atoms with van der Waals surface area (Å²) in [5, 5.41) is 3.30. The van der Waals surface area contributed by atoms with Crippen molar-refractivity contribution in [3.8, 4) is 0 Å². The van der Waals surface area contributed by atoms with Gasteiger partial charge in [0.1, 0.15) is 0 Å². The van der Waals surface area contributed by atoms with Crippen LogP contribution in [0.15, 0.2) is 0 Å². The molecule has 1 fully saturated rings. The Labute approximate surface area is 98.3 Å². The number of ether oxygens (including phenoxy) is 1. The van der Waals surface area contributed by atoms with Crippen molar-refractivity contribution < 1.29 is 9.53 Å². The van der Waals surface area contributed by atoms with Gasteiger partial charge in [0.25, 0.3) is 0 Å². The Kier molecular flexibility index (Phi) is 6.42. The molecule has 1 heterocycles. The lowest BCUT2D eigenvalue weighted by atomic mass is 10.2. The highest BCUT2D eigenvalue weighted by Crippen LogP contribution is 2.12. The fraction of sp³-hybridized carbons (Fsp3) is 0.917. The Morgan fingerprint density at radius 3 is 3.00 bits per heavy atom. The first-order chi connectivity index (χ1) is 7.79. The van der Waals surface area contributed by atoms with E-state index in [1.165, 1.54) is 0 Å². The number of amides is 1. The van der Waals surface area contributed by atoms with Crippen molar-refractivity contribution in [3.63, 3.8) is 0 Å². The molecule has 0 radical (unpaired) electrons. The number of hydrogen-bond donors (Lipinski definition) is 1. The Morgan fingerprint density at radius 1 is 1.50 bits per heavy atom. The summed E-state index contributed by atoms with van der Waals surface area (Å²) in [6.07, 6.45) is 4.12. The number of hydrogen-bond acceptors (Lipinski definition) is 3. The van der Waals surface area contributed by atoms with Gasteiger partial charge in [-0.15, -0.1) is 0 Å². The van der Waals surface area contributed by atoms with Crippen LogP contribution in [0.5, 0.6) is 0 Å². The van der Waals surface area contributed by atoms with E-state index in [1.54, 1.807) is 7.11 Å². The van der Waals surface area contributed by atoms with Crippen LogP contribution in [0.3, 0.4) is 0 Å². The Morgan fingerprint density at radius 2 is 2.31 bits per heavy atom. The molecule has 0 aromatic heterocycles. The van der Waals surface area contributed by atoms with Crippen LogP contribution in [-0.4, -0.2) is 50.2 Å². The number of unbranched alkanes of at least 4 members (excludes halogenated alkanes) is 1. The van der Waals surface area contributed by atoms with Crippen molar-refractivity contribution in [2.24, 2.45) is 0 Å². The van der Waals surface area contributed by atoms with E-state index in [0.29, 0.717) is 0 Å². The molecule has 1 rings (SSSR count). The van der Waals surface area contributed by atoms with Crippen LogP contribution >= 0.6 is 0 Å². The number of carbonyl (C=O) groups is 1.